The molecule has 3 N–H and O–H groups in total. The first kappa shape index (κ1) is 45.5. The van der Waals surface area contributed by atoms with Crippen molar-refractivity contribution < 1.29 is 48.5 Å². The second-order valence-corrected chi connectivity index (χ2v) is 17.9. The van der Waals surface area contributed by atoms with E-state index in [4.69, 9.17) is 28.4 Å². The Labute approximate surface area is 315 Å². The van der Waals surface area contributed by atoms with E-state index in [2.05, 4.69) is 39.8 Å². The Kier molecular flexibility index (Phi) is 15.6. The normalized spacial score (nSPS) is 49.6. The molecule has 3 heterocycles. The van der Waals surface area contributed by atoms with Crippen LogP contribution in [0.1, 0.15) is 109 Å². The molecule has 1 unspecified atom stereocenters. The Hall–Kier alpha value is -0.930. The number of carbonyl (C=O) groups is 1. The van der Waals surface area contributed by atoms with Gasteiger partial charge in [0.25, 0.3) is 0 Å². The highest BCUT2D eigenvalue weighted by atomic mass is 16.7. The summed E-state index contributed by atoms with van der Waals surface area (Å²) in [4.78, 5) is 18.5. The SMILES string of the molecule is CC[C@H]1OC(=O)C(C)[C@@H](O[C@H]2C[C@@](C)(OC)[C@@H](C)[C@H](C)O2)[C@H](C)[C@@H](O[C@@H]2O[C@H](C)C[C@H](N(C)C)[C@H]2C)[C@](C)(O)C[C@@H](C)CN(C)[C@H](C)[C@@H](O)[C@]1(C)O. The number of carbonyl (C=O) groups excluding carboxylic acids is 1. The number of esters is 1. The third-order valence-corrected chi connectivity index (χ3v) is 13.2. The monoisotopic (exact) mass is 745 g/mol. The first-order chi connectivity index (χ1) is 23.9. The van der Waals surface area contributed by atoms with Gasteiger partial charge in [0.2, 0.25) is 0 Å². The van der Waals surface area contributed by atoms with E-state index < -0.39 is 77.6 Å². The lowest BCUT2D eigenvalue weighted by molar-refractivity contribution is -0.306. The molecule has 3 aliphatic heterocycles. The van der Waals surface area contributed by atoms with Crippen LogP contribution in [0.2, 0.25) is 0 Å². The number of hydrogen-bond donors (Lipinski definition) is 3. The molecule has 0 spiro atoms. The van der Waals surface area contributed by atoms with Gasteiger partial charge in [-0.1, -0.05) is 34.6 Å². The molecule has 0 aromatic carbocycles. The van der Waals surface area contributed by atoms with Crippen LogP contribution in [-0.2, 0) is 33.2 Å². The summed E-state index contributed by atoms with van der Waals surface area (Å²) < 4.78 is 38.9. The van der Waals surface area contributed by atoms with Crippen molar-refractivity contribution in [1.29, 1.82) is 0 Å². The number of methoxy groups -OCH3 is 1. The van der Waals surface area contributed by atoms with Crippen molar-refractivity contribution in [1.82, 2.24) is 9.80 Å². The fourth-order valence-corrected chi connectivity index (χ4v) is 9.24. The molecule has 18 atom stereocenters. The summed E-state index contributed by atoms with van der Waals surface area (Å²) >= 11 is 0. The Balaban J connectivity index is 2.17. The fraction of sp³-hybridized carbons (Fsp3) is 0.975. The van der Waals surface area contributed by atoms with Gasteiger partial charge in [-0.05, 0) is 94.8 Å². The van der Waals surface area contributed by atoms with E-state index in [1.807, 2.05) is 53.5 Å². The first-order valence-corrected chi connectivity index (χ1v) is 19.8. The van der Waals surface area contributed by atoms with Crippen LogP contribution in [0, 0.1) is 29.6 Å². The van der Waals surface area contributed by atoms with E-state index in [1.54, 1.807) is 21.0 Å². The van der Waals surface area contributed by atoms with Gasteiger partial charge < -0.3 is 53.5 Å². The van der Waals surface area contributed by atoms with E-state index >= 15 is 0 Å². The largest absolute Gasteiger partial charge is 0.459 e. The van der Waals surface area contributed by atoms with Gasteiger partial charge in [0.05, 0.1) is 41.5 Å². The molecule has 0 aromatic heterocycles. The smallest absolute Gasteiger partial charge is 0.311 e. The highest BCUT2D eigenvalue weighted by Crippen LogP contribution is 2.42. The third-order valence-electron chi connectivity index (χ3n) is 13.2. The Bertz CT molecular complexity index is 1140. The van der Waals surface area contributed by atoms with E-state index in [0.717, 1.165) is 6.42 Å². The summed E-state index contributed by atoms with van der Waals surface area (Å²) in [5.74, 6) is -2.03. The van der Waals surface area contributed by atoms with Crippen LogP contribution in [0.3, 0.4) is 0 Å². The van der Waals surface area contributed by atoms with Crippen molar-refractivity contribution in [3.8, 4) is 0 Å². The van der Waals surface area contributed by atoms with E-state index in [0.29, 0.717) is 19.4 Å². The molecule has 0 saturated carbocycles. The number of hydrogen-bond acceptors (Lipinski definition) is 12. The number of rotatable bonds is 7. The summed E-state index contributed by atoms with van der Waals surface area (Å²) in [5, 5.41) is 35.9. The van der Waals surface area contributed by atoms with E-state index in [1.165, 1.54) is 6.92 Å². The van der Waals surface area contributed by atoms with Gasteiger partial charge in [-0.3, -0.25) is 4.79 Å². The minimum Gasteiger partial charge on any atom is -0.459 e. The summed E-state index contributed by atoms with van der Waals surface area (Å²) in [7, 11) is 7.71. The number of aliphatic hydroxyl groups is 3. The number of ether oxygens (including phenoxy) is 6. The van der Waals surface area contributed by atoms with Crippen LogP contribution in [0.5, 0.6) is 0 Å². The van der Waals surface area contributed by atoms with Crippen molar-refractivity contribution in [2.45, 2.75) is 187 Å². The Morgan fingerprint density at radius 1 is 0.942 bits per heavy atom. The molecule has 3 aliphatic rings. The van der Waals surface area contributed by atoms with E-state index in [9.17, 15) is 20.1 Å². The number of nitrogens with zero attached hydrogens (tertiary/aromatic N) is 2. The minimum atomic E-state index is -1.74. The predicted molar refractivity (Wildman–Crippen MR) is 200 cm³/mol. The van der Waals surface area contributed by atoms with Gasteiger partial charge in [-0.2, -0.15) is 0 Å². The molecule has 52 heavy (non-hydrogen) atoms. The van der Waals surface area contributed by atoms with Crippen LogP contribution < -0.4 is 0 Å². The fourth-order valence-electron chi connectivity index (χ4n) is 9.24. The lowest BCUT2D eigenvalue weighted by atomic mass is 9.77. The van der Waals surface area contributed by atoms with E-state index in [-0.39, 0.29) is 42.4 Å². The zero-order chi connectivity index (χ0) is 39.7. The molecule has 3 rings (SSSR count). The van der Waals surface area contributed by atoms with Crippen molar-refractivity contribution in [3.05, 3.63) is 0 Å². The maximum absolute atomic E-state index is 14.3. The average molecular weight is 745 g/mol. The maximum atomic E-state index is 14.3. The molecule has 0 aliphatic carbocycles. The maximum Gasteiger partial charge on any atom is 0.311 e. The lowest BCUT2D eigenvalue weighted by Crippen LogP contribution is -2.59. The number of cyclic esters (lactones) is 1. The highest BCUT2D eigenvalue weighted by molar-refractivity contribution is 5.73. The van der Waals surface area contributed by atoms with Crippen molar-refractivity contribution >= 4 is 5.97 Å². The van der Waals surface area contributed by atoms with Gasteiger partial charge in [-0.15, -0.1) is 0 Å². The first-order valence-electron chi connectivity index (χ1n) is 19.8. The average Bonchev–Trinajstić information content (AvgIpc) is 3.05. The van der Waals surface area contributed by atoms with Gasteiger partial charge in [0.1, 0.15) is 17.8 Å². The third kappa shape index (κ3) is 10.1. The van der Waals surface area contributed by atoms with Gasteiger partial charge in [0, 0.05) is 49.9 Å². The Morgan fingerprint density at radius 2 is 1.56 bits per heavy atom. The molecule has 12 heteroatoms. The summed E-state index contributed by atoms with van der Waals surface area (Å²) in [6.07, 6.45) is -3.63. The molecule has 12 nitrogen and oxygen atoms in total. The van der Waals surface area contributed by atoms with Crippen molar-refractivity contribution in [2.24, 2.45) is 29.6 Å². The predicted octanol–water partition coefficient (Wildman–Crippen LogP) is 4.45. The molecule has 0 radical (unpaired) electrons. The summed E-state index contributed by atoms with van der Waals surface area (Å²) in [5.41, 5.74) is -3.69. The topological polar surface area (TPSA) is 140 Å². The number of likely N-dealkylation sites (N-methyl/N-ethyl adjacent to an activating group) is 1. The number of aliphatic hydroxyl groups excluding tert-OH is 1. The molecule has 3 fully saturated rings. The molecule has 0 bridgehead atoms. The van der Waals surface area contributed by atoms with Crippen LogP contribution in [0.25, 0.3) is 0 Å². The second kappa shape index (κ2) is 17.9. The highest BCUT2D eigenvalue weighted by Gasteiger charge is 2.52. The zero-order valence-electron chi connectivity index (χ0n) is 35.3. The zero-order valence-corrected chi connectivity index (χ0v) is 35.3. The lowest BCUT2D eigenvalue weighted by Gasteiger charge is -2.49. The molecular weight excluding hydrogens is 668 g/mol. The molecule has 306 valence electrons. The van der Waals surface area contributed by atoms with Crippen LogP contribution in [-0.4, -0.2) is 144 Å². The molecule has 3 saturated heterocycles. The van der Waals surface area contributed by atoms with Crippen LogP contribution in [0.4, 0.5) is 0 Å². The minimum absolute atomic E-state index is 0.0163. The summed E-state index contributed by atoms with van der Waals surface area (Å²) in [6, 6.07) is -0.286. The van der Waals surface area contributed by atoms with Gasteiger partial charge in [0.15, 0.2) is 12.6 Å². The van der Waals surface area contributed by atoms with Gasteiger partial charge >= 0.3 is 5.97 Å². The molecule has 0 aromatic rings. The summed E-state index contributed by atoms with van der Waals surface area (Å²) in [6.45, 7) is 23.6. The second-order valence-electron chi connectivity index (χ2n) is 17.9. The molecule has 0 amide bonds. The quantitative estimate of drug-likeness (QED) is 0.318. The van der Waals surface area contributed by atoms with Crippen molar-refractivity contribution in [3.63, 3.8) is 0 Å². The standard InChI is InChI=1S/C40H76N2O10/c1-17-31-40(12,46)34(43)28(8)42(15)21-22(2)19-38(10,45)35(52-37-24(4)30(41(13)14)18-23(3)48-37)25(5)33(26(6)36(44)50-31)51-32-20-39(11,47-16)27(7)29(9)49-32/h22-35,37,43,45-46H,17-21H2,1-16H3/t22-,23-,24-,25+,26?,27+,28-,29+,30+,31-,32+,33+,34-,35-,37+,38-,39-,40-/m1/s1. The molecular formula is C40H76N2O10. The van der Waals surface area contributed by atoms with Crippen LogP contribution >= 0.6 is 0 Å². The Morgan fingerprint density at radius 3 is 2.12 bits per heavy atom. The van der Waals surface area contributed by atoms with Crippen molar-refractivity contribution in [2.75, 3.05) is 34.8 Å². The van der Waals surface area contributed by atoms with Gasteiger partial charge in [-0.25, -0.2) is 0 Å². The van der Waals surface area contributed by atoms with Crippen LogP contribution in [0.15, 0.2) is 0 Å².